The SMILES string of the molecule is CN(C)c1nc2nc(N3CCCC(N)C3)n(Cc3ccccc3)c2c(=O)n1COC(=O)C(F)(F)F. The smallest absolute Gasteiger partial charge is 0.437 e. The first-order chi connectivity index (χ1) is 16.6. The first kappa shape index (κ1) is 24.5. The van der Waals surface area contributed by atoms with Gasteiger partial charge in [0.25, 0.3) is 5.56 Å². The van der Waals surface area contributed by atoms with Gasteiger partial charge >= 0.3 is 12.1 Å². The fourth-order valence-electron chi connectivity index (χ4n) is 4.10. The number of esters is 1. The van der Waals surface area contributed by atoms with Gasteiger partial charge in [-0.15, -0.1) is 0 Å². The molecule has 1 saturated heterocycles. The number of halogens is 3. The molecule has 0 spiro atoms. The largest absolute Gasteiger partial charge is 0.490 e. The molecule has 1 aliphatic rings. The summed E-state index contributed by atoms with van der Waals surface area (Å²) in [6.45, 7) is 0.548. The monoisotopic (exact) mass is 493 g/mol. The number of hydrogen-bond donors (Lipinski definition) is 1. The van der Waals surface area contributed by atoms with Crippen molar-refractivity contribution in [1.82, 2.24) is 19.1 Å². The molecule has 0 aliphatic carbocycles. The number of aromatic nitrogens is 4. The Morgan fingerprint density at radius 1 is 1.20 bits per heavy atom. The van der Waals surface area contributed by atoms with Crippen molar-refractivity contribution in [2.45, 2.75) is 38.3 Å². The van der Waals surface area contributed by atoms with Crippen LogP contribution >= 0.6 is 0 Å². The maximum Gasteiger partial charge on any atom is 0.490 e. The van der Waals surface area contributed by atoms with Crippen LogP contribution in [-0.4, -0.2) is 64.5 Å². The summed E-state index contributed by atoms with van der Waals surface area (Å²) in [4.78, 5) is 37.4. The minimum absolute atomic E-state index is 0.00345. The molecular weight excluding hydrogens is 467 g/mol. The minimum Gasteiger partial charge on any atom is -0.437 e. The molecule has 10 nitrogen and oxygen atoms in total. The number of nitrogens with two attached hydrogens (primary N) is 1. The van der Waals surface area contributed by atoms with E-state index >= 15 is 0 Å². The number of alkyl halides is 3. The van der Waals surface area contributed by atoms with Crippen molar-refractivity contribution in [3.63, 3.8) is 0 Å². The van der Waals surface area contributed by atoms with Crippen LogP contribution < -0.4 is 21.1 Å². The van der Waals surface area contributed by atoms with E-state index in [4.69, 9.17) is 5.73 Å². The summed E-state index contributed by atoms with van der Waals surface area (Å²) in [6, 6.07) is 9.32. The van der Waals surface area contributed by atoms with Gasteiger partial charge in [-0.1, -0.05) is 30.3 Å². The molecule has 1 aromatic carbocycles. The lowest BCUT2D eigenvalue weighted by Gasteiger charge is -2.31. The van der Waals surface area contributed by atoms with E-state index in [0.29, 0.717) is 19.0 Å². The van der Waals surface area contributed by atoms with Crippen molar-refractivity contribution in [3.8, 4) is 0 Å². The van der Waals surface area contributed by atoms with Gasteiger partial charge in [0.05, 0.1) is 6.54 Å². The third kappa shape index (κ3) is 5.09. The fourth-order valence-corrected chi connectivity index (χ4v) is 4.10. The van der Waals surface area contributed by atoms with Gasteiger partial charge in [0.1, 0.15) is 0 Å². The highest BCUT2D eigenvalue weighted by molar-refractivity contribution is 5.77. The van der Waals surface area contributed by atoms with Gasteiger partial charge in [0, 0.05) is 33.2 Å². The zero-order valence-electron chi connectivity index (χ0n) is 19.3. The third-order valence-corrected chi connectivity index (χ3v) is 5.70. The Morgan fingerprint density at radius 3 is 2.54 bits per heavy atom. The van der Waals surface area contributed by atoms with Crippen LogP contribution in [0.25, 0.3) is 11.2 Å². The maximum absolute atomic E-state index is 13.6. The lowest BCUT2D eigenvalue weighted by Crippen LogP contribution is -2.44. The highest BCUT2D eigenvalue weighted by Gasteiger charge is 2.41. The number of carbonyl (C=O) groups excluding carboxylic acids is 1. The van der Waals surface area contributed by atoms with E-state index in [2.05, 4.69) is 14.7 Å². The van der Waals surface area contributed by atoms with Crippen molar-refractivity contribution < 1.29 is 22.7 Å². The normalized spacial score (nSPS) is 16.5. The summed E-state index contributed by atoms with van der Waals surface area (Å²) < 4.78 is 45.0. The van der Waals surface area contributed by atoms with Crippen LogP contribution in [0.3, 0.4) is 0 Å². The van der Waals surface area contributed by atoms with Crippen LogP contribution in [0.1, 0.15) is 18.4 Å². The van der Waals surface area contributed by atoms with E-state index in [1.807, 2.05) is 35.2 Å². The predicted octanol–water partition coefficient (Wildman–Crippen LogP) is 1.70. The van der Waals surface area contributed by atoms with Gasteiger partial charge in [-0.25, -0.2) is 9.36 Å². The van der Waals surface area contributed by atoms with Gasteiger partial charge in [-0.05, 0) is 18.4 Å². The van der Waals surface area contributed by atoms with Crippen LogP contribution in [0.4, 0.5) is 25.1 Å². The van der Waals surface area contributed by atoms with E-state index < -0.39 is 24.4 Å². The molecule has 1 aliphatic heterocycles. The second-order valence-corrected chi connectivity index (χ2v) is 8.60. The number of benzene rings is 1. The van der Waals surface area contributed by atoms with Crippen molar-refractivity contribution in [3.05, 3.63) is 46.2 Å². The second-order valence-electron chi connectivity index (χ2n) is 8.60. The fraction of sp³-hybridized carbons (Fsp3) is 0.455. The van der Waals surface area contributed by atoms with E-state index in [1.54, 1.807) is 18.7 Å². The summed E-state index contributed by atoms with van der Waals surface area (Å²) in [5, 5.41) is 0. The maximum atomic E-state index is 13.6. The number of hydrogen-bond acceptors (Lipinski definition) is 8. The molecule has 13 heteroatoms. The molecule has 0 bridgehead atoms. The molecular formula is C22H26F3N7O3. The van der Waals surface area contributed by atoms with Gasteiger partial charge in [-0.3, -0.25) is 9.36 Å². The summed E-state index contributed by atoms with van der Waals surface area (Å²) >= 11 is 0. The molecule has 4 rings (SSSR count). The summed E-state index contributed by atoms with van der Waals surface area (Å²) in [5.41, 5.74) is 6.62. The van der Waals surface area contributed by atoms with Crippen LogP contribution in [0.2, 0.25) is 0 Å². The summed E-state index contributed by atoms with van der Waals surface area (Å²) in [7, 11) is 3.14. The molecule has 1 unspecified atom stereocenters. The Kier molecular flexibility index (Phi) is 6.70. The zero-order valence-corrected chi connectivity index (χ0v) is 19.3. The zero-order chi connectivity index (χ0) is 25.3. The molecule has 2 N–H and O–H groups in total. The molecule has 0 radical (unpaired) electrons. The second kappa shape index (κ2) is 9.56. The van der Waals surface area contributed by atoms with Crippen molar-refractivity contribution in [2.24, 2.45) is 5.73 Å². The number of carbonyl (C=O) groups is 1. The number of rotatable bonds is 6. The van der Waals surface area contributed by atoms with Crippen molar-refractivity contribution in [1.29, 1.82) is 0 Å². The lowest BCUT2D eigenvalue weighted by molar-refractivity contribution is -0.203. The molecule has 2 aromatic heterocycles. The summed E-state index contributed by atoms with van der Waals surface area (Å²) in [5.74, 6) is -1.89. The number of imidazole rings is 1. The van der Waals surface area contributed by atoms with Crippen LogP contribution in [0, 0.1) is 0 Å². The van der Waals surface area contributed by atoms with Gasteiger partial charge in [0.2, 0.25) is 11.9 Å². The van der Waals surface area contributed by atoms with Crippen LogP contribution in [-0.2, 0) is 22.8 Å². The first-order valence-corrected chi connectivity index (χ1v) is 11.0. The van der Waals surface area contributed by atoms with E-state index in [0.717, 1.165) is 23.0 Å². The molecule has 188 valence electrons. The summed E-state index contributed by atoms with van der Waals surface area (Å²) in [6.07, 6.45) is -3.46. The molecule has 0 saturated carbocycles. The molecule has 35 heavy (non-hydrogen) atoms. The van der Waals surface area contributed by atoms with E-state index in [9.17, 15) is 22.8 Å². The highest BCUT2D eigenvalue weighted by atomic mass is 19.4. The lowest BCUT2D eigenvalue weighted by atomic mass is 10.1. The molecule has 1 fully saturated rings. The topological polar surface area (TPSA) is 112 Å². The van der Waals surface area contributed by atoms with Gasteiger partial charge < -0.3 is 20.3 Å². The standard InChI is InChI=1S/C22H26F3N7O3/c1-29(2)20-27-17-16(18(33)32(20)13-35-19(34)22(23,24)25)31(11-14-7-4-3-5-8-14)21(28-17)30-10-6-9-15(26)12-30/h3-5,7-8,15H,6,9-13,26H2,1-2H3. The molecule has 3 heterocycles. The quantitative estimate of drug-likeness (QED) is 0.517. The molecule has 0 amide bonds. The number of piperidine rings is 1. The highest BCUT2D eigenvalue weighted by Crippen LogP contribution is 2.25. The predicted molar refractivity (Wildman–Crippen MR) is 123 cm³/mol. The molecule has 1 atom stereocenters. The number of ether oxygens (including phenoxy) is 1. The van der Waals surface area contributed by atoms with Gasteiger partial charge in [0.15, 0.2) is 17.9 Å². The van der Waals surface area contributed by atoms with Gasteiger partial charge in [-0.2, -0.15) is 23.1 Å². The molecule has 3 aromatic rings. The third-order valence-electron chi connectivity index (χ3n) is 5.70. The average molecular weight is 493 g/mol. The minimum atomic E-state index is -5.19. The Morgan fingerprint density at radius 2 is 1.91 bits per heavy atom. The van der Waals surface area contributed by atoms with Crippen molar-refractivity contribution >= 4 is 29.0 Å². The first-order valence-electron chi connectivity index (χ1n) is 11.0. The Labute approximate surface area is 198 Å². The van der Waals surface area contributed by atoms with E-state index in [-0.39, 0.29) is 29.7 Å². The average Bonchev–Trinajstić information content (AvgIpc) is 3.16. The number of nitrogens with zero attached hydrogens (tertiary/aromatic N) is 6. The van der Waals surface area contributed by atoms with Crippen LogP contribution in [0.15, 0.2) is 35.1 Å². The number of anilines is 2. The Balaban J connectivity index is 1.87. The Hall–Kier alpha value is -3.61. The number of fused-ring (bicyclic) bond motifs is 1. The van der Waals surface area contributed by atoms with E-state index in [1.165, 1.54) is 4.90 Å². The van der Waals surface area contributed by atoms with Crippen LogP contribution in [0.5, 0.6) is 0 Å². The van der Waals surface area contributed by atoms with Crippen molar-refractivity contribution in [2.75, 3.05) is 37.0 Å². The Bertz CT molecular complexity index is 1270.